The summed E-state index contributed by atoms with van der Waals surface area (Å²) in [7, 11) is 0. The van der Waals surface area contributed by atoms with Gasteiger partial charge in [0, 0.05) is 17.7 Å². The molecule has 3 N–H and O–H groups in total. The SMILES string of the molecule is CCCSC1(C(=O)O)CS[C@@H]2C(NC(=O)C(=NOCCC(=O)OC(C)(C)C)c3csc(NC=O)n3)C(=O)N2C1. The molecule has 2 saturated heterocycles. The van der Waals surface area contributed by atoms with Crippen molar-refractivity contribution in [1.29, 1.82) is 0 Å². The number of carbonyl (C=O) groups excluding carboxylic acids is 4. The molecular formula is C23H31N5O8S3. The van der Waals surface area contributed by atoms with Crippen LogP contribution in [0, 0.1) is 0 Å². The van der Waals surface area contributed by atoms with E-state index in [1.54, 1.807) is 20.8 Å². The Bertz CT molecular complexity index is 1140. The van der Waals surface area contributed by atoms with Crippen molar-refractivity contribution >= 4 is 75.9 Å². The average molecular weight is 602 g/mol. The Morgan fingerprint density at radius 3 is 2.77 bits per heavy atom. The lowest BCUT2D eigenvalue weighted by Crippen LogP contribution is -2.74. The van der Waals surface area contributed by atoms with Gasteiger partial charge < -0.3 is 30.2 Å². The first kappa shape index (κ1) is 30.7. The van der Waals surface area contributed by atoms with Crippen LogP contribution in [0.3, 0.4) is 0 Å². The van der Waals surface area contributed by atoms with Gasteiger partial charge in [0.15, 0.2) is 10.8 Å². The molecule has 2 fully saturated rings. The normalized spacial score (nSPS) is 22.8. The van der Waals surface area contributed by atoms with Crippen LogP contribution in [0.2, 0.25) is 0 Å². The van der Waals surface area contributed by atoms with Gasteiger partial charge in [-0.25, -0.2) is 4.98 Å². The number of nitrogens with zero attached hydrogens (tertiary/aromatic N) is 3. The Balaban J connectivity index is 1.69. The van der Waals surface area contributed by atoms with E-state index in [-0.39, 0.29) is 41.9 Å². The van der Waals surface area contributed by atoms with Gasteiger partial charge in [0.2, 0.25) is 12.3 Å². The van der Waals surface area contributed by atoms with Crippen LogP contribution in [0.4, 0.5) is 5.13 Å². The van der Waals surface area contributed by atoms with E-state index >= 15 is 0 Å². The first-order valence-corrected chi connectivity index (χ1v) is 15.0. The van der Waals surface area contributed by atoms with Gasteiger partial charge >= 0.3 is 11.9 Å². The maximum Gasteiger partial charge on any atom is 0.322 e. The minimum Gasteiger partial charge on any atom is -0.480 e. The summed E-state index contributed by atoms with van der Waals surface area (Å²) in [5.74, 6) is -1.66. The number of esters is 1. The summed E-state index contributed by atoms with van der Waals surface area (Å²) >= 11 is 3.69. The number of ether oxygens (including phenoxy) is 1. The summed E-state index contributed by atoms with van der Waals surface area (Å²) in [6.45, 7) is 7.05. The molecule has 1 aromatic heterocycles. The van der Waals surface area contributed by atoms with Gasteiger partial charge in [-0.05, 0) is 32.9 Å². The van der Waals surface area contributed by atoms with Crippen LogP contribution < -0.4 is 10.6 Å². The molecule has 2 aliphatic rings. The maximum atomic E-state index is 13.2. The molecule has 13 nitrogen and oxygen atoms in total. The molecule has 39 heavy (non-hydrogen) atoms. The summed E-state index contributed by atoms with van der Waals surface area (Å²) < 4.78 is 4.12. The number of anilines is 1. The molecule has 3 heterocycles. The van der Waals surface area contributed by atoms with E-state index in [1.807, 2.05) is 6.92 Å². The van der Waals surface area contributed by atoms with E-state index in [4.69, 9.17) is 9.57 Å². The zero-order chi connectivity index (χ0) is 28.8. The minimum absolute atomic E-state index is 0.0530. The van der Waals surface area contributed by atoms with Crippen molar-refractivity contribution in [3.63, 3.8) is 0 Å². The predicted molar refractivity (Wildman–Crippen MR) is 148 cm³/mol. The average Bonchev–Trinajstić information content (AvgIpc) is 3.32. The molecule has 0 radical (unpaired) electrons. The van der Waals surface area contributed by atoms with Crippen LogP contribution in [0.5, 0.6) is 0 Å². The smallest absolute Gasteiger partial charge is 0.322 e. The van der Waals surface area contributed by atoms with Crippen LogP contribution in [0.25, 0.3) is 0 Å². The number of carboxylic acid groups (broad SMARTS) is 1. The fourth-order valence-corrected chi connectivity index (χ4v) is 7.20. The van der Waals surface area contributed by atoms with E-state index in [1.165, 1.54) is 33.8 Å². The Morgan fingerprint density at radius 1 is 1.38 bits per heavy atom. The number of amides is 3. The number of carbonyl (C=O) groups is 5. The molecule has 2 unspecified atom stereocenters. The van der Waals surface area contributed by atoms with E-state index in [9.17, 15) is 29.1 Å². The third-order valence-electron chi connectivity index (χ3n) is 5.43. The van der Waals surface area contributed by atoms with Gasteiger partial charge in [-0.3, -0.25) is 24.0 Å². The van der Waals surface area contributed by atoms with Crippen LogP contribution in [-0.4, -0.2) is 97.3 Å². The Hall–Kier alpha value is -2.85. The number of thiazole rings is 1. The maximum absolute atomic E-state index is 13.2. The van der Waals surface area contributed by atoms with Crippen LogP contribution >= 0.6 is 34.9 Å². The number of carboxylic acids is 1. The van der Waals surface area contributed by atoms with E-state index in [2.05, 4.69) is 20.8 Å². The van der Waals surface area contributed by atoms with Crippen molar-refractivity contribution in [3.05, 3.63) is 11.1 Å². The number of aromatic nitrogens is 1. The molecule has 3 amide bonds. The van der Waals surface area contributed by atoms with Crippen LogP contribution in [0.15, 0.2) is 10.5 Å². The monoisotopic (exact) mass is 601 g/mol. The van der Waals surface area contributed by atoms with Gasteiger partial charge in [-0.2, -0.15) is 0 Å². The number of nitrogens with one attached hydrogen (secondary N) is 2. The molecule has 2 aliphatic heterocycles. The van der Waals surface area contributed by atoms with E-state index in [0.717, 1.165) is 17.8 Å². The highest BCUT2D eigenvalue weighted by molar-refractivity contribution is 8.05. The molecule has 0 saturated carbocycles. The van der Waals surface area contributed by atoms with Crippen molar-refractivity contribution in [2.75, 3.05) is 30.0 Å². The van der Waals surface area contributed by atoms with Crippen molar-refractivity contribution in [2.24, 2.45) is 5.16 Å². The lowest BCUT2D eigenvalue weighted by atomic mass is 10.0. The van der Waals surface area contributed by atoms with Crippen LogP contribution in [0.1, 0.15) is 46.2 Å². The molecular weight excluding hydrogens is 570 g/mol. The molecule has 0 bridgehead atoms. The largest absolute Gasteiger partial charge is 0.480 e. The number of thioether (sulfide) groups is 2. The first-order chi connectivity index (χ1) is 18.4. The minimum atomic E-state index is -1.10. The highest BCUT2D eigenvalue weighted by Crippen LogP contribution is 2.44. The van der Waals surface area contributed by atoms with Gasteiger partial charge in [0.25, 0.3) is 5.91 Å². The Morgan fingerprint density at radius 2 is 2.13 bits per heavy atom. The third-order valence-corrected chi connectivity index (χ3v) is 9.53. The summed E-state index contributed by atoms with van der Waals surface area (Å²) in [5, 5.41) is 20.0. The fourth-order valence-electron chi connectivity index (χ4n) is 3.67. The highest BCUT2D eigenvalue weighted by atomic mass is 32.2. The summed E-state index contributed by atoms with van der Waals surface area (Å²) in [6.07, 6.45) is 1.14. The predicted octanol–water partition coefficient (Wildman–Crippen LogP) is 1.53. The lowest BCUT2D eigenvalue weighted by molar-refractivity contribution is -0.156. The summed E-state index contributed by atoms with van der Waals surface area (Å²) in [6, 6.07) is -0.886. The standard InChI is InChI=1S/C23H31N5O8S3/c1-5-8-39-23(20(33)34)10-28-18(32)16(19(28)38-11-23)26-17(31)15(13-9-37-21(25-13)24-12-29)27-35-7-6-14(30)36-22(2,3)4/h9,12,16,19H,5-8,10-11H2,1-4H3,(H,26,31)(H,33,34)(H,24,25,29)/t16?,19-,23?/m1/s1. The summed E-state index contributed by atoms with van der Waals surface area (Å²) in [4.78, 5) is 71.7. The molecule has 0 spiro atoms. The fraction of sp³-hybridized carbons (Fsp3) is 0.609. The zero-order valence-electron chi connectivity index (χ0n) is 21.9. The lowest BCUT2D eigenvalue weighted by Gasteiger charge is -2.53. The Labute approximate surface area is 237 Å². The molecule has 1 aromatic rings. The van der Waals surface area contributed by atoms with Crippen molar-refractivity contribution in [3.8, 4) is 0 Å². The quantitative estimate of drug-likeness (QED) is 0.0746. The van der Waals surface area contributed by atoms with Crippen LogP contribution in [-0.2, 0) is 33.5 Å². The molecule has 214 valence electrons. The molecule has 3 atom stereocenters. The molecule has 16 heteroatoms. The Kier molecular flexibility index (Phi) is 10.2. The van der Waals surface area contributed by atoms with Crippen molar-refractivity contribution < 1.29 is 38.7 Å². The highest BCUT2D eigenvalue weighted by Gasteiger charge is 2.57. The van der Waals surface area contributed by atoms with E-state index < -0.39 is 45.5 Å². The zero-order valence-corrected chi connectivity index (χ0v) is 24.4. The number of oxime groups is 1. The topological polar surface area (TPSA) is 177 Å². The molecule has 3 rings (SSSR count). The second kappa shape index (κ2) is 13.0. The third kappa shape index (κ3) is 7.63. The number of hydrogen-bond acceptors (Lipinski definition) is 12. The van der Waals surface area contributed by atoms with Gasteiger partial charge in [0.05, 0.1) is 6.42 Å². The second-order valence-corrected chi connectivity index (χ2v) is 13.1. The first-order valence-electron chi connectivity index (χ1n) is 12.1. The number of β-lactam (4-membered cyclic amide) rings is 1. The van der Waals surface area contributed by atoms with Gasteiger partial charge in [0.1, 0.15) is 34.1 Å². The summed E-state index contributed by atoms with van der Waals surface area (Å²) in [5.41, 5.74) is -0.813. The van der Waals surface area contributed by atoms with Crippen molar-refractivity contribution in [2.45, 2.75) is 62.3 Å². The number of fused-ring (bicyclic) bond motifs is 1. The van der Waals surface area contributed by atoms with Gasteiger partial charge in [-0.1, -0.05) is 12.1 Å². The van der Waals surface area contributed by atoms with Gasteiger partial charge in [-0.15, -0.1) is 34.9 Å². The second-order valence-electron chi connectivity index (χ2n) is 9.68. The van der Waals surface area contributed by atoms with Crippen molar-refractivity contribution in [1.82, 2.24) is 15.2 Å². The number of rotatable bonds is 13. The molecule has 0 aliphatic carbocycles. The number of hydrogen-bond donors (Lipinski definition) is 3. The number of aliphatic carboxylic acids is 1. The van der Waals surface area contributed by atoms with E-state index in [0.29, 0.717) is 12.2 Å². The molecule has 0 aromatic carbocycles.